The molecule has 0 atom stereocenters. The zero-order chi connectivity index (χ0) is 11.6. The maximum atomic E-state index is 12.5. The fraction of sp³-hybridized carbons (Fsp3) is 1.00. The molecular formula is C9H18F2O2S. The first-order valence-electron chi connectivity index (χ1n) is 4.56. The smallest absolute Gasteiger partial charge is 0.223 e. The lowest BCUT2D eigenvalue weighted by Gasteiger charge is -2.18. The third kappa shape index (κ3) is 4.88. The highest BCUT2D eigenvalue weighted by atomic mass is 32.2. The fourth-order valence-corrected chi connectivity index (χ4v) is 1.85. The Morgan fingerprint density at radius 2 is 1.50 bits per heavy atom. The van der Waals surface area contributed by atoms with Gasteiger partial charge in [0.2, 0.25) is 9.84 Å². The van der Waals surface area contributed by atoms with Crippen LogP contribution >= 0.6 is 0 Å². The zero-order valence-electron chi connectivity index (χ0n) is 9.10. The van der Waals surface area contributed by atoms with Crippen LogP contribution in [0.3, 0.4) is 0 Å². The molecule has 0 aliphatic rings. The van der Waals surface area contributed by atoms with Gasteiger partial charge in [0.25, 0.3) is 0 Å². The van der Waals surface area contributed by atoms with Crippen LogP contribution in [0.15, 0.2) is 0 Å². The second-order valence-electron chi connectivity index (χ2n) is 4.79. The molecule has 0 radical (unpaired) electrons. The van der Waals surface area contributed by atoms with E-state index in [1.54, 1.807) is 0 Å². The lowest BCUT2D eigenvalue weighted by Crippen LogP contribution is -2.28. The van der Waals surface area contributed by atoms with Crippen molar-refractivity contribution in [3.8, 4) is 0 Å². The van der Waals surface area contributed by atoms with Gasteiger partial charge in [-0.1, -0.05) is 20.8 Å². The first-order chi connectivity index (χ1) is 5.96. The average Bonchev–Trinajstić information content (AvgIpc) is 1.80. The van der Waals surface area contributed by atoms with Gasteiger partial charge in [0.05, 0.1) is 5.75 Å². The minimum Gasteiger partial charge on any atom is -0.223 e. The van der Waals surface area contributed by atoms with E-state index in [0.717, 1.165) is 0 Å². The van der Waals surface area contributed by atoms with Crippen molar-refractivity contribution in [3.63, 3.8) is 0 Å². The van der Waals surface area contributed by atoms with Crippen molar-refractivity contribution in [2.45, 2.75) is 45.8 Å². The molecule has 0 rings (SSSR count). The number of halogens is 2. The van der Waals surface area contributed by atoms with E-state index < -0.39 is 20.8 Å². The average molecular weight is 228 g/mol. The summed E-state index contributed by atoms with van der Waals surface area (Å²) in [6.07, 6.45) is 0.914. The van der Waals surface area contributed by atoms with Gasteiger partial charge in [-0.25, -0.2) is 8.42 Å². The first kappa shape index (κ1) is 13.8. The number of hydrogen-bond donors (Lipinski definition) is 0. The molecule has 0 aromatic carbocycles. The van der Waals surface area contributed by atoms with Crippen LogP contribution in [0.4, 0.5) is 8.78 Å². The summed E-state index contributed by atoms with van der Waals surface area (Å²) in [4.78, 5) is 0. The fourth-order valence-electron chi connectivity index (χ4n) is 0.972. The second-order valence-corrected chi connectivity index (χ2v) is 7.15. The maximum absolute atomic E-state index is 12.5. The minimum absolute atomic E-state index is 0.0153. The van der Waals surface area contributed by atoms with Crippen molar-refractivity contribution < 1.29 is 17.2 Å². The summed E-state index contributed by atoms with van der Waals surface area (Å²) in [5.74, 6) is -0.437. The summed E-state index contributed by atoms with van der Waals surface area (Å²) in [7, 11) is -4.25. The third-order valence-corrected chi connectivity index (χ3v) is 3.80. The van der Waals surface area contributed by atoms with Crippen LogP contribution in [0.25, 0.3) is 0 Å². The topological polar surface area (TPSA) is 34.1 Å². The van der Waals surface area contributed by atoms with Gasteiger partial charge < -0.3 is 0 Å². The molecule has 0 aromatic heterocycles. The standard InChI is InChI=1S/C9H18F2O2S/c1-8(2,3)6-5-7-14(12,13)9(4,10)11/h5-7H2,1-4H3. The summed E-state index contributed by atoms with van der Waals surface area (Å²) >= 11 is 0. The molecule has 0 heterocycles. The molecule has 0 fully saturated rings. The predicted octanol–water partition coefficient (Wildman–Crippen LogP) is 2.84. The molecule has 0 spiro atoms. The van der Waals surface area contributed by atoms with Gasteiger partial charge >= 0.3 is 5.25 Å². The molecule has 0 aliphatic heterocycles. The molecule has 5 heteroatoms. The summed E-state index contributed by atoms with van der Waals surface area (Å²) in [6, 6.07) is 0. The van der Waals surface area contributed by atoms with Crippen molar-refractivity contribution in [1.82, 2.24) is 0 Å². The van der Waals surface area contributed by atoms with E-state index in [1.165, 1.54) is 0 Å². The van der Waals surface area contributed by atoms with Crippen LogP contribution in [-0.2, 0) is 9.84 Å². The van der Waals surface area contributed by atoms with Crippen molar-refractivity contribution in [2.24, 2.45) is 5.41 Å². The molecule has 0 saturated carbocycles. The maximum Gasteiger partial charge on any atom is 0.342 e. The molecule has 0 bridgehead atoms. The first-order valence-corrected chi connectivity index (χ1v) is 6.21. The Kier molecular flexibility index (Phi) is 4.07. The molecule has 0 unspecified atom stereocenters. The zero-order valence-corrected chi connectivity index (χ0v) is 9.92. The molecular weight excluding hydrogens is 210 g/mol. The molecule has 0 N–H and O–H groups in total. The quantitative estimate of drug-likeness (QED) is 0.741. The van der Waals surface area contributed by atoms with Crippen molar-refractivity contribution in [2.75, 3.05) is 5.75 Å². The number of alkyl halides is 2. The van der Waals surface area contributed by atoms with Gasteiger partial charge in [-0.15, -0.1) is 0 Å². The largest absolute Gasteiger partial charge is 0.342 e. The predicted molar refractivity (Wildman–Crippen MR) is 53.1 cm³/mol. The van der Waals surface area contributed by atoms with Gasteiger partial charge in [-0.05, 0) is 18.3 Å². The van der Waals surface area contributed by atoms with E-state index in [0.29, 0.717) is 13.3 Å². The molecule has 86 valence electrons. The van der Waals surface area contributed by atoms with E-state index in [1.807, 2.05) is 20.8 Å². The Balaban J connectivity index is 4.17. The summed E-state index contributed by atoms with van der Waals surface area (Å²) in [6.45, 7) is 6.27. The molecule has 0 saturated heterocycles. The Morgan fingerprint density at radius 1 is 1.07 bits per heavy atom. The van der Waals surface area contributed by atoms with Crippen LogP contribution < -0.4 is 0 Å². The lowest BCUT2D eigenvalue weighted by molar-refractivity contribution is 0.114. The highest BCUT2D eigenvalue weighted by Crippen LogP contribution is 2.25. The SMILES string of the molecule is CC(C)(C)CCCS(=O)(=O)C(C)(F)F. The number of sulfone groups is 1. The third-order valence-electron chi connectivity index (χ3n) is 1.89. The minimum atomic E-state index is -4.25. The number of rotatable bonds is 4. The molecule has 0 amide bonds. The summed E-state index contributed by atoms with van der Waals surface area (Å²) in [5, 5.41) is -3.61. The van der Waals surface area contributed by atoms with Gasteiger partial charge in [-0.3, -0.25) is 0 Å². The molecule has 0 aliphatic carbocycles. The van der Waals surface area contributed by atoms with Gasteiger partial charge in [0.15, 0.2) is 0 Å². The molecule has 0 aromatic rings. The highest BCUT2D eigenvalue weighted by molar-refractivity contribution is 7.92. The van der Waals surface area contributed by atoms with E-state index in [4.69, 9.17) is 0 Å². The Hall–Kier alpha value is -0.190. The van der Waals surface area contributed by atoms with Crippen molar-refractivity contribution in [1.29, 1.82) is 0 Å². The van der Waals surface area contributed by atoms with Crippen molar-refractivity contribution >= 4 is 9.84 Å². The van der Waals surface area contributed by atoms with Gasteiger partial charge in [-0.2, -0.15) is 8.78 Å². The lowest BCUT2D eigenvalue weighted by atomic mass is 9.91. The summed E-state index contributed by atoms with van der Waals surface area (Å²) in [5.41, 5.74) is -0.0153. The van der Waals surface area contributed by atoms with Crippen molar-refractivity contribution in [3.05, 3.63) is 0 Å². The van der Waals surface area contributed by atoms with E-state index in [2.05, 4.69) is 0 Å². The van der Waals surface area contributed by atoms with E-state index >= 15 is 0 Å². The van der Waals surface area contributed by atoms with Crippen LogP contribution in [-0.4, -0.2) is 19.4 Å². The highest BCUT2D eigenvalue weighted by Gasteiger charge is 2.38. The molecule has 2 nitrogen and oxygen atoms in total. The van der Waals surface area contributed by atoms with Crippen LogP contribution in [0, 0.1) is 5.41 Å². The van der Waals surface area contributed by atoms with E-state index in [-0.39, 0.29) is 11.8 Å². The second kappa shape index (κ2) is 4.13. The Labute approximate surface area is 84.6 Å². The van der Waals surface area contributed by atoms with E-state index in [9.17, 15) is 17.2 Å². The van der Waals surface area contributed by atoms with Crippen LogP contribution in [0.5, 0.6) is 0 Å². The van der Waals surface area contributed by atoms with Crippen LogP contribution in [0.1, 0.15) is 40.5 Å². The van der Waals surface area contributed by atoms with Crippen LogP contribution in [0.2, 0.25) is 0 Å². The molecule has 14 heavy (non-hydrogen) atoms. The Morgan fingerprint density at radius 3 is 1.79 bits per heavy atom. The monoisotopic (exact) mass is 228 g/mol. The normalized spacial score (nSPS) is 14.4. The Bertz CT molecular complexity index is 270. The number of hydrogen-bond acceptors (Lipinski definition) is 2. The summed E-state index contributed by atoms with van der Waals surface area (Å²) < 4.78 is 47.0. The van der Waals surface area contributed by atoms with Gasteiger partial charge in [0, 0.05) is 6.92 Å². The van der Waals surface area contributed by atoms with Gasteiger partial charge in [0.1, 0.15) is 0 Å².